The van der Waals surface area contributed by atoms with E-state index in [-0.39, 0.29) is 23.8 Å². The fourth-order valence-corrected chi connectivity index (χ4v) is 2.81. The SMILES string of the molecule is CC(Nc1nc(N)nc(Nc2cc(-c3ccccc3)[nH]n2)n1)c1ccc(F)cc1. The van der Waals surface area contributed by atoms with E-state index in [1.807, 2.05) is 43.3 Å². The Balaban J connectivity index is 1.50. The second-order valence-electron chi connectivity index (χ2n) is 6.42. The third-order valence-corrected chi connectivity index (χ3v) is 4.27. The molecule has 0 amide bonds. The lowest BCUT2D eigenvalue weighted by Gasteiger charge is -2.14. The van der Waals surface area contributed by atoms with E-state index in [0.717, 1.165) is 16.8 Å². The van der Waals surface area contributed by atoms with Crippen LogP contribution in [0, 0.1) is 5.82 Å². The summed E-state index contributed by atoms with van der Waals surface area (Å²) >= 11 is 0. The van der Waals surface area contributed by atoms with Crippen LogP contribution >= 0.6 is 0 Å². The molecule has 1 atom stereocenters. The van der Waals surface area contributed by atoms with Crippen LogP contribution in [0.5, 0.6) is 0 Å². The molecule has 0 saturated carbocycles. The van der Waals surface area contributed by atoms with Crippen LogP contribution < -0.4 is 16.4 Å². The highest BCUT2D eigenvalue weighted by atomic mass is 19.1. The molecule has 4 rings (SSSR count). The van der Waals surface area contributed by atoms with Crippen LogP contribution in [0.25, 0.3) is 11.3 Å². The number of aromatic amines is 1. The van der Waals surface area contributed by atoms with E-state index >= 15 is 0 Å². The fraction of sp³-hybridized carbons (Fsp3) is 0.100. The molecule has 0 saturated heterocycles. The van der Waals surface area contributed by atoms with Crippen molar-refractivity contribution in [1.29, 1.82) is 0 Å². The standard InChI is InChI=1S/C20H19FN8/c1-12(13-7-9-15(21)10-8-13)23-19-25-18(22)26-20(27-19)24-17-11-16(28-29-17)14-5-3-2-4-6-14/h2-12H,1H3,(H5,22,23,24,25,26,27,28,29). The van der Waals surface area contributed by atoms with Gasteiger partial charge in [0.05, 0.1) is 11.7 Å². The van der Waals surface area contributed by atoms with E-state index in [1.54, 1.807) is 12.1 Å². The average molecular weight is 390 g/mol. The Morgan fingerprint density at radius 1 is 0.966 bits per heavy atom. The quantitative estimate of drug-likeness (QED) is 0.394. The minimum atomic E-state index is -0.286. The van der Waals surface area contributed by atoms with Crippen molar-refractivity contribution in [2.24, 2.45) is 0 Å². The third kappa shape index (κ3) is 4.46. The van der Waals surface area contributed by atoms with Gasteiger partial charge < -0.3 is 16.4 Å². The lowest BCUT2D eigenvalue weighted by molar-refractivity contribution is 0.626. The molecule has 29 heavy (non-hydrogen) atoms. The van der Waals surface area contributed by atoms with Crippen molar-refractivity contribution < 1.29 is 4.39 Å². The Morgan fingerprint density at radius 2 is 1.69 bits per heavy atom. The van der Waals surface area contributed by atoms with Crippen LogP contribution in [0.15, 0.2) is 60.7 Å². The summed E-state index contributed by atoms with van der Waals surface area (Å²) in [5, 5.41) is 13.4. The van der Waals surface area contributed by atoms with E-state index in [2.05, 4.69) is 35.8 Å². The summed E-state index contributed by atoms with van der Waals surface area (Å²) < 4.78 is 13.1. The molecule has 0 fully saturated rings. The largest absolute Gasteiger partial charge is 0.368 e. The van der Waals surface area contributed by atoms with Gasteiger partial charge in [0.2, 0.25) is 17.8 Å². The molecule has 0 spiro atoms. The van der Waals surface area contributed by atoms with Crippen LogP contribution in [0.2, 0.25) is 0 Å². The summed E-state index contributed by atoms with van der Waals surface area (Å²) in [5.74, 6) is 0.890. The van der Waals surface area contributed by atoms with Gasteiger partial charge in [0.15, 0.2) is 5.82 Å². The highest BCUT2D eigenvalue weighted by molar-refractivity contribution is 5.64. The molecule has 1 unspecified atom stereocenters. The number of nitrogen functional groups attached to an aromatic ring is 1. The van der Waals surface area contributed by atoms with Gasteiger partial charge in [-0.3, -0.25) is 5.10 Å². The highest BCUT2D eigenvalue weighted by Gasteiger charge is 2.11. The van der Waals surface area contributed by atoms with E-state index < -0.39 is 0 Å². The van der Waals surface area contributed by atoms with Gasteiger partial charge in [0, 0.05) is 6.07 Å². The van der Waals surface area contributed by atoms with Gasteiger partial charge in [-0.2, -0.15) is 20.1 Å². The first-order valence-electron chi connectivity index (χ1n) is 8.98. The maximum atomic E-state index is 13.1. The molecule has 0 aliphatic rings. The zero-order valence-corrected chi connectivity index (χ0v) is 15.6. The second kappa shape index (κ2) is 7.93. The number of benzene rings is 2. The van der Waals surface area contributed by atoms with Crippen LogP contribution in [0.1, 0.15) is 18.5 Å². The highest BCUT2D eigenvalue weighted by Crippen LogP contribution is 2.22. The predicted octanol–water partition coefficient (Wildman–Crippen LogP) is 3.90. The molecule has 0 bridgehead atoms. The van der Waals surface area contributed by atoms with Crippen molar-refractivity contribution >= 4 is 23.7 Å². The first-order valence-corrected chi connectivity index (χ1v) is 8.98. The number of aromatic nitrogens is 5. The van der Waals surface area contributed by atoms with Crippen molar-refractivity contribution in [3.63, 3.8) is 0 Å². The molecular formula is C20H19FN8. The summed E-state index contributed by atoms with van der Waals surface area (Å²) in [6, 6.07) is 17.7. The molecule has 0 aliphatic carbocycles. The van der Waals surface area contributed by atoms with Crippen LogP contribution in [-0.2, 0) is 0 Å². The van der Waals surface area contributed by atoms with Crippen LogP contribution in [-0.4, -0.2) is 25.1 Å². The number of rotatable bonds is 6. The van der Waals surface area contributed by atoms with Crippen molar-refractivity contribution in [1.82, 2.24) is 25.1 Å². The van der Waals surface area contributed by atoms with Gasteiger partial charge in [-0.25, -0.2) is 4.39 Å². The molecular weight excluding hydrogens is 371 g/mol. The topological polar surface area (TPSA) is 117 Å². The third-order valence-electron chi connectivity index (χ3n) is 4.27. The molecule has 146 valence electrons. The first-order chi connectivity index (χ1) is 14.1. The lowest BCUT2D eigenvalue weighted by atomic mass is 10.1. The fourth-order valence-electron chi connectivity index (χ4n) is 2.81. The van der Waals surface area contributed by atoms with E-state index in [1.165, 1.54) is 12.1 Å². The number of nitrogens with zero attached hydrogens (tertiary/aromatic N) is 4. The van der Waals surface area contributed by atoms with E-state index in [0.29, 0.717) is 11.8 Å². The molecule has 2 aromatic carbocycles. The molecule has 0 radical (unpaired) electrons. The van der Waals surface area contributed by atoms with Gasteiger partial charge in [-0.1, -0.05) is 42.5 Å². The zero-order chi connectivity index (χ0) is 20.2. The molecule has 0 aliphatic heterocycles. The Bertz CT molecular complexity index is 1100. The summed E-state index contributed by atoms with van der Waals surface area (Å²) in [6.45, 7) is 1.92. The van der Waals surface area contributed by atoms with Crippen molar-refractivity contribution in [3.8, 4) is 11.3 Å². The van der Waals surface area contributed by atoms with Crippen molar-refractivity contribution in [3.05, 3.63) is 72.0 Å². The minimum Gasteiger partial charge on any atom is -0.368 e. The normalized spacial score (nSPS) is 11.8. The average Bonchev–Trinajstić information content (AvgIpc) is 3.17. The first kappa shape index (κ1) is 18.4. The predicted molar refractivity (Wildman–Crippen MR) is 110 cm³/mol. The number of halogens is 1. The van der Waals surface area contributed by atoms with Gasteiger partial charge in [-0.05, 0) is 30.2 Å². The Labute approximate surface area is 166 Å². The number of hydrogen-bond acceptors (Lipinski definition) is 7. The molecule has 8 nitrogen and oxygen atoms in total. The molecule has 9 heteroatoms. The van der Waals surface area contributed by atoms with E-state index in [9.17, 15) is 4.39 Å². The monoisotopic (exact) mass is 390 g/mol. The van der Waals surface area contributed by atoms with Crippen molar-refractivity contribution in [2.45, 2.75) is 13.0 Å². The maximum absolute atomic E-state index is 13.1. The van der Waals surface area contributed by atoms with Crippen LogP contribution in [0.3, 0.4) is 0 Å². The van der Waals surface area contributed by atoms with Crippen LogP contribution in [0.4, 0.5) is 28.1 Å². The Kier molecular flexibility index (Phi) is 5.02. The second-order valence-corrected chi connectivity index (χ2v) is 6.42. The van der Waals surface area contributed by atoms with Crippen molar-refractivity contribution in [2.75, 3.05) is 16.4 Å². The zero-order valence-electron chi connectivity index (χ0n) is 15.6. The summed E-state index contributed by atoms with van der Waals surface area (Å²) in [4.78, 5) is 12.6. The number of anilines is 4. The smallest absolute Gasteiger partial charge is 0.235 e. The lowest BCUT2D eigenvalue weighted by Crippen LogP contribution is -2.12. The number of nitrogens with one attached hydrogen (secondary N) is 3. The number of H-pyrrole nitrogens is 1. The number of hydrogen-bond donors (Lipinski definition) is 4. The Hall–Kier alpha value is -4.01. The molecule has 2 heterocycles. The number of nitrogens with two attached hydrogens (primary N) is 1. The summed E-state index contributed by atoms with van der Waals surface area (Å²) in [5.41, 5.74) is 8.58. The molecule has 4 aromatic rings. The minimum absolute atomic E-state index is 0.0649. The maximum Gasteiger partial charge on any atom is 0.235 e. The van der Waals surface area contributed by atoms with Gasteiger partial charge >= 0.3 is 0 Å². The van der Waals surface area contributed by atoms with Gasteiger partial charge in [0.25, 0.3) is 0 Å². The Morgan fingerprint density at radius 3 is 2.45 bits per heavy atom. The van der Waals surface area contributed by atoms with E-state index in [4.69, 9.17) is 5.73 Å². The molecule has 2 aromatic heterocycles. The van der Waals surface area contributed by atoms with Gasteiger partial charge in [0.1, 0.15) is 5.82 Å². The molecule has 5 N–H and O–H groups in total. The summed E-state index contributed by atoms with van der Waals surface area (Å²) in [6.07, 6.45) is 0. The van der Waals surface area contributed by atoms with Gasteiger partial charge in [-0.15, -0.1) is 0 Å². The summed E-state index contributed by atoms with van der Waals surface area (Å²) in [7, 11) is 0.